The highest BCUT2D eigenvalue weighted by Crippen LogP contribution is 2.23. The van der Waals surface area contributed by atoms with E-state index >= 15 is 0 Å². The Balaban J connectivity index is 1.56. The number of urea groups is 1. The van der Waals surface area contributed by atoms with Crippen molar-refractivity contribution in [1.82, 2.24) is 4.90 Å². The molecule has 2 aromatic carbocycles. The molecule has 3 rings (SSSR count). The molecule has 5 nitrogen and oxygen atoms in total. The maximum atomic E-state index is 12.0. The number of nitrogens with zero attached hydrogens (tertiary/aromatic N) is 2. The largest absolute Gasteiger partial charge is 0.489 e. The van der Waals surface area contributed by atoms with E-state index in [1.165, 1.54) is 6.42 Å². The van der Waals surface area contributed by atoms with E-state index in [4.69, 9.17) is 10.5 Å². The SMILES string of the molecule is CC1CC(C)CN(CCN(C(N)=O)c2ccc(OCc3ccccc3)cc2)C1. The third kappa shape index (κ3) is 5.73. The first kappa shape index (κ1) is 20.2. The van der Waals surface area contributed by atoms with Crippen molar-refractivity contribution in [3.05, 3.63) is 60.2 Å². The van der Waals surface area contributed by atoms with Crippen LogP contribution in [0.4, 0.5) is 10.5 Å². The van der Waals surface area contributed by atoms with Crippen molar-refractivity contribution >= 4 is 11.7 Å². The van der Waals surface area contributed by atoms with Crippen LogP contribution in [0.3, 0.4) is 0 Å². The Bertz CT molecular complexity index is 738. The molecule has 1 heterocycles. The summed E-state index contributed by atoms with van der Waals surface area (Å²) in [7, 11) is 0. The van der Waals surface area contributed by atoms with Crippen LogP contribution in [0.5, 0.6) is 5.75 Å². The molecule has 5 heteroatoms. The van der Waals surface area contributed by atoms with Gasteiger partial charge < -0.3 is 15.4 Å². The van der Waals surface area contributed by atoms with Crippen molar-refractivity contribution in [2.45, 2.75) is 26.9 Å². The highest BCUT2D eigenvalue weighted by atomic mass is 16.5. The normalized spacial score (nSPS) is 19.9. The summed E-state index contributed by atoms with van der Waals surface area (Å²) in [5, 5.41) is 0. The molecule has 0 radical (unpaired) electrons. The molecule has 2 unspecified atom stereocenters. The molecule has 150 valence electrons. The zero-order valence-electron chi connectivity index (χ0n) is 16.9. The number of piperidine rings is 1. The first-order valence-electron chi connectivity index (χ1n) is 10.1. The minimum Gasteiger partial charge on any atom is -0.489 e. The van der Waals surface area contributed by atoms with Gasteiger partial charge in [-0.2, -0.15) is 0 Å². The number of anilines is 1. The summed E-state index contributed by atoms with van der Waals surface area (Å²) in [6, 6.07) is 17.2. The second kappa shape index (κ2) is 9.60. The highest BCUT2D eigenvalue weighted by Gasteiger charge is 2.22. The highest BCUT2D eigenvalue weighted by molar-refractivity contribution is 5.90. The molecule has 0 aromatic heterocycles. The molecule has 1 aliphatic rings. The van der Waals surface area contributed by atoms with E-state index in [0.29, 0.717) is 25.0 Å². The molecule has 2 atom stereocenters. The molecule has 1 fully saturated rings. The number of primary amides is 1. The van der Waals surface area contributed by atoms with E-state index < -0.39 is 6.03 Å². The molecule has 0 bridgehead atoms. The van der Waals surface area contributed by atoms with Crippen LogP contribution in [-0.4, -0.2) is 37.1 Å². The molecule has 1 aliphatic heterocycles. The van der Waals surface area contributed by atoms with Crippen LogP contribution >= 0.6 is 0 Å². The van der Waals surface area contributed by atoms with E-state index in [9.17, 15) is 4.79 Å². The smallest absolute Gasteiger partial charge is 0.319 e. The fraction of sp³-hybridized carbons (Fsp3) is 0.435. The average molecular weight is 382 g/mol. The van der Waals surface area contributed by atoms with Gasteiger partial charge in [-0.25, -0.2) is 4.79 Å². The number of carbonyl (C=O) groups is 1. The summed E-state index contributed by atoms with van der Waals surface area (Å²) in [5.74, 6) is 2.18. The molecule has 2 amide bonds. The van der Waals surface area contributed by atoms with Crippen LogP contribution in [0.2, 0.25) is 0 Å². The Kier molecular flexibility index (Phi) is 6.93. The Morgan fingerprint density at radius 2 is 1.71 bits per heavy atom. The lowest BCUT2D eigenvalue weighted by Crippen LogP contribution is -2.45. The summed E-state index contributed by atoms with van der Waals surface area (Å²) >= 11 is 0. The number of rotatable bonds is 7. The van der Waals surface area contributed by atoms with E-state index in [2.05, 4.69) is 18.7 Å². The molecule has 0 saturated carbocycles. The molecule has 2 N–H and O–H groups in total. The van der Waals surface area contributed by atoms with Crippen molar-refractivity contribution in [3.8, 4) is 5.75 Å². The van der Waals surface area contributed by atoms with Gasteiger partial charge >= 0.3 is 6.03 Å². The van der Waals surface area contributed by atoms with Crippen molar-refractivity contribution in [2.24, 2.45) is 17.6 Å². The fourth-order valence-electron chi connectivity index (χ4n) is 4.05. The van der Waals surface area contributed by atoms with Gasteiger partial charge in [-0.3, -0.25) is 4.90 Å². The van der Waals surface area contributed by atoms with Crippen molar-refractivity contribution in [3.63, 3.8) is 0 Å². The zero-order valence-corrected chi connectivity index (χ0v) is 16.9. The Labute approximate surface area is 168 Å². The molecule has 0 spiro atoms. The number of amides is 2. The van der Waals surface area contributed by atoms with Gasteiger partial charge in [-0.15, -0.1) is 0 Å². The lowest BCUT2D eigenvalue weighted by molar-refractivity contribution is 0.144. The molecular formula is C23H31N3O2. The maximum absolute atomic E-state index is 12.0. The number of hydrogen-bond acceptors (Lipinski definition) is 3. The predicted octanol–water partition coefficient (Wildman–Crippen LogP) is 4.13. The van der Waals surface area contributed by atoms with Gasteiger partial charge in [-0.1, -0.05) is 44.2 Å². The van der Waals surface area contributed by atoms with Gasteiger partial charge in [0.1, 0.15) is 12.4 Å². The van der Waals surface area contributed by atoms with Crippen LogP contribution < -0.4 is 15.4 Å². The van der Waals surface area contributed by atoms with Crippen molar-refractivity contribution in [2.75, 3.05) is 31.1 Å². The van der Waals surface area contributed by atoms with Gasteiger partial charge in [0, 0.05) is 31.9 Å². The van der Waals surface area contributed by atoms with E-state index in [-0.39, 0.29) is 0 Å². The topological polar surface area (TPSA) is 58.8 Å². The second-order valence-corrected chi connectivity index (χ2v) is 7.96. The monoisotopic (exact) mass is 381 g/mol. The van der Waals surface area contributed by atoms with Crippen molar-refractivity contribution < 1.29 is 9.53 Å². The third-order valence-corrected chi connectivity index (χ3v) is 5.25. The number of carbonyl (C=O) groups excluding carboxylic acids is 1. The van der Waals surface area contributed by atoms with E-state index in [1.807, 2.05) is 54.6 Å². The second-order valence-electron chi connectivity index (χ2n) is 7.96. The third-order valence-electron chi connectivity index (χ3n) is 5.25. The number of likely N-dealkylation sites (tertiary alicyclic amines) is 1. The molecule has 1 saturated heterocycles. The Morgan fingerprint density at radius 1 is 1.07 bits per heavy atom. The van der Waals surface area contributed by atoms with Crippen LogP contribution in [0.25, 0.3) is 0 Å². The number of nitrogens with two attached hydrogens (primary N) is 1. The van der Waals surface area contributed by atoms with E-state index in [1.54, 1.807) is 4.90 Å². The number of hydrogen-bond donors (Lipinski definition) is 1. The first-order valence-corrected chi connectivity index (χ1v) is 10.1. The molecular weight excluding hydrogens is 350 g/mol. The summed E-state index contributed by atoms with van der Waals surface area (Å²) < 4.78 is 5.82. The van der Waals surface area contributed by atoms with E-state index in [0.717, 1.165) is 36.6 Å². The average Bonchev–Trinajstić information content (AvgIpc) is 2.67. The molecule has 2 aromatic rings. The summed E-state index contributed by atoms with van der Waals surface area (Å²) in [5.41, 5.74) is 7.57. The van der Waals surface area contributed by atoms with Gasteiger partial charge in [0.05, 0.1) is 0 Å². The number of benzene rings is 2. The predicted molar refractivity (Wildman–Crippen MR) is 114 cm³/mol. The quantitative estimate of drug-likeness (QED) is 0.784. The Morgan fingerprint density at radius 3 is 2.32 bits per heavy atom. The van der Waals surface area contributed by atoms with Gasteiger partial charge in [0.25, 0.3) is 0 Å². The van der Waals surface area contributed by atoms with Gasteiger partial charge in [0.15, 0.2) is 0 Å². The minimum absolute atomic E-state index is 0.420. The van der Waals surface area contributed by atoms with Gasteiger partial charge in [0.2, 0.25) is 0 Å². The van der Waals surface area contributed by atoms with Crippen LogP contribution in [-0.2, 0) is 6.61 Å². The Hall–Kier alpha value is -2.53. The van der Waals surface area contributed by atoms with Crippen LogP contribution in [0, 0.1) is 11.8 Å². The maximum Gasteiger partial charge on any atom is 0.319 e. The van der Waals surface area contributed by atoms with Crippen molar-refractivity contribution in [1.29, 1.82) is 0 Å². The zero-order chi connectivity index (χ0) is 19.9. The lowest BCUT2D eigenvalue weighted by Gasteiger charge is -2.36. The first-order chi connectivity index (χ1) is 13.5. The molecule has 0 aliphatic carbocycles. The summed E-state index contributed by atoms with van der Waals surface area (Å²) in [6.07, 6.45) is 1.28. The molecule has 28 heavy (non-hydrogen) atoms. The summed E-state index contributed by atoms with van der Waals surface area (Å²) in [6.45, 7) is 8.71. The lowest BCUT2D eigenvalue weighted by atomic mass is 9.92. The van der Waals surface area contributed by atoms with Gasteiger partial charge in [-0.05, 0) is 48.1 Å². The summed E-state index contributed by atoms with van der Waals surface area (Å²) in [4.78, 5) is 16.1. The number of ether oxygens (including phenoxy) is 1. The minimum atomic E-state index is -0.420. The van der Waals surface area contributed by atoms with Crippen LogP contribution in [0.1, 0.15) is 25.8 Å². The fourth-order valence-corrected chi connectivity index (χ4v) is 4.05. The van der Waals surface area contributed by atoms with Crippen LogP contribution in [0.15, 0.2) is 54.6 Å². The standard InChI is InChI=1S/C23H31N3O2/c1-18-14-19(2)16-25(15-18)12-13-26(23(24)27)21-8-10-22(11-9-21)28-17-20-6-4-3-5-7-20/h3-11,18-19H,12-17H2,1-2H3,(H2,24,27).